The first-order valence-corrected chi connectivity index (χ1v) is 4.15. The highest BCUT2D eigenvalue weighted by Crippen LogP contribution is 2.28. The van der Waals surface area contributed by atoms with Gasteiger partial charge in [0.15, 0.2) is 0 Å². The molecule has 0 aromatic carbocycles. The van der Waals surface area contributed by atoms with E-state index in [1.807, 2.05) is 0 Å². The summed E-state index contributed by atoms with van der Waals surface area (Å²) in [5, 5.41) is 11.6. The molecule has 0 saturated heterocycles. The Morgan fingerprint density at radius 2 is 2.36 bits per heavy atom. The number of carbonyl (C=O) groups is 1. The third-order valence-electron chi connectivity index (χ3n) is 2.08. The van der Waals surface area contributed by atoms with Crippen LogP contribution >= 0.6 is 0 Å². The minimum atomic E-state index is -0.698. The van der Waals surface area contributed by atoms with E-state index in [1.165, 1.54) is 6.42 Å². The van der Waals surface area contributed by atoms with Crippen LogP contribution in [-0.2, 0) is 4.79 Å². The summed E-state index contributed by atoms with van der Waals surface area (Å²) in [6.45, 7) is 3.05. The van der Waals surface area contributed by atoms with E-state index in [-0.39, 0.29) is 6.42 Å². The molecule has 2 unspecified atom stereocenters. The fraction of sp³-hybridized carbons (Fsp3) is 0.875. The van der Waals surface area contributed by atoms with E-state index in [0.717, 1.165) is 18.9 Å². The molecule has 2 N–H and O–H groups in total. The number of hydrogen-bond acceptors (Lipinski definition) is 2. The van der Waals surface area contributed by atoms with Gasteiger partial charge in [-0.2, -0.15) is 0 Å². The Balaban J connectivity index is 1.85. The van der Waals surface area contributed by atoms with Crippen LogP contribution in [0.3, 0.4) is 0 Å². The summed E-state index contributed by atoms with van der Waals surface area (Å²) in [4.78, 5) is 10.1. The minimum absolute atomic E-state index is 0.286. The molecule has 11 heavy (non-hydrogen) atoms. The van der Waals surface area contributed by atoms with Crippen LogP contribution in [0.1, 0.15) is 26.2 Å². The normalized spacial score (nSPS) is 28.5. The highest BCUT2D eigenvalue weighted by molar-refractivity contribution is 5.66. The number of aliphatic carboxylic acids is 1. The van der Waals surface area contributed by atoms with Gasteiger partial charge in [0.2, 0.25) is 0 Å². The molecule has 2 atom stereocenters. The Bertz CT molecular complexity index is 147. The van der Waals surface area contributed by atoms with Crippen LogP contribution < -0.4 is 5.32 Å². The lowest BCUT2D eigenvalue weighted by atomic mass is 10.3. The summed E-state index contributed by atoms with van der Waals surface area (Å²) >= 11 is 0. The molecule has 0 aromatic heterocycles. The summed E-state index contributed by atoms with van der Waals surface area (Å²) in [5.74, 6) is 0.107. The summed E-state index contributed by atoms with van der Waals surface area (Å²) in [6.07, 6.45) is 2.29. The van der Waals surface area contributed by atoms with Gasteiger partial charge in [-0.1, -0.05) is 6.92 Å². The zero-order valence-corrected chi connectivity index (χ0v) is 6.84. The number of nitrogens with one attached hydrogen (secondary N) is 1. The van der Waals surface area contributed by atoms with Gasteiger partial charge in [-0.05, 0) is 25.3 Å². The van der Waals surface area contributed by atoms with E-state index in [4.69, 9.17) is 5.11 Å². The van der Waals surface area contributed by atoms with Crippen molar-refractivity contribution >= 4 is 5.97 Å². The van der Waals surface area contributed by atoms with Crippen molar-refractivity contribution in [3.63, 3.8) is 0 Å². The molecule has 1 saturated carbocycles. The third-order valence-corrected chi connectivity index (χ3v) is 2.08. The smallest absolute Gasteiger partial charge is 0.303 e. The molecule has 0 radical (unpaired) electrons. The monoisotopic (exact) mass is 157 g/mol. The molecule has 0 aliphatic heterocycles. The van der Waals surface area contributed by atoms with Gasteiger partial charge in [-0.25, -0.2) is 0 Å². The van der Waals surface area contributed by atoms with Gasteiger partial charge in [0, 0.05) is 12.5 Å². The van der Waals surface area contributed by atoms with Crippen LogP contribution in [0.5, 0.6) is 0 Å². The predicted octanol–water partition coefficient (Wildman–Crippen LogP) is 0.849. The lowest BCUT2D eigenvalue weighted by Gasteiger charge is -1.99. The van der Waals surface area contributed by atoms with Gasteiger partial charge in [-0.3, -0.25) is 4.79 Å². The summed E-state index contributed by atoms with van der Waals surface area (Å²) in [7, 11) is 0. The molecule has 1 aliphatic carbocycles. The van der Waals surface area contributed by atoms with Crippen molar-refractivity contribution in [1.82, 2.24) is 5.32 Å². The SMILES string of the molecule is CC1CC1NCCCC(=O)O. The molecule has 64 valence electrons. The number of carboxylic acid groups (broad SMARTS) is 1. The minimum Gasteiger partial charge on any atom is -0.481 e. The van der Waals surface area contributed by atoms with Crippen molar-refractivity contribution in [3.05, 3.63) is 0 Å². The molecule has 0 spiro atoms. The molecule has 0 amide bonds. The predicted molar refractivity (Wildman–Crippen MR) is 42.4 cm³/mol. The lowest BCUT2D eigenvalue weighted by molar-refractivity contribution is -0.137. The first kappa shape index (κ1) is 8.53. The van der Waals surface area contributed by atoms with Crippen molar-refractivity contribution in [2.24, 2.45) is 5.92 Å². The van der Waals surface area contributed by atoms with Crippen LogP contribution in [0.2, 0.25) is 0 Å². The molecule has 1 rings (SSSR count). The van der Waals surface area contributed by atoms with Gasteiger partial charge in [0.25, 0.3) is 0 Å². The second kappa shape index (κ2) is 3.72. The number of rotatable bonds is 5. The highest BCUT2D eigenvalue weighted by atomic mass is 16.4. The Hall–Kier alpha value is -0.570. The molecule has 1 aliphatic rings. The van der Waals surface area contributed by atoms with E-state index in [2.05, 4.69) is 12.2 Å². The number of hydrogen-bond donors (Lipinski definition) is 2. The molecular formula is C8H15NO2. The number of carboxylic acids is 1. The zero-order chi connectivity index (χ0) is 8.27. The summed E-state index contributed by atoms with van der Waals surface area (Å²) < 4.78 is 0. The average Bonchev–Trinajstić information content (AvgIpc) is 2.59. The van der Waals surface area contributed by atoms with Gasteiger partial charge in [0.05, 0.1) is 0 Å². The fourth-order valence-corrected chi connectivity index (χ4v) is 1.13. The maximum Gasteiger partial charge on any atom is 0.303 e. The lowest BCUT2D eigenvalue weighted by Crippen LogP contribution is -2.19. The van der Waals surface area contributed by atoms with Crippen molar-refractivity contribution in [1.29, 1.82) is 0 Å². The molecule has 0 aromatic rings. The van der Waals surface area contributed by atoms with Gasteiger partial charge in [0.1, 0.15) is 0 Å². The van der Waals surface area contributed by atoms with E-state index in [9.17, 15) is 4.79 Å². The van der Waals surface area contributed by atoms with Crippen molar-refractivity contribution in [2.75, 3.05) is 6.54 Å². The van der Waals surface area contributed by atoms with Crippen LogP contribution in [0.25, 0.3) is 0 Å². The quantitative estimate of drug-likeness (QED) is 0.582. The van der Waals surface area contributed by atoms with Gasteiger partial charge >= 0.3 is 5.97 Å². The van der Waals surface area contributed by atoms with Gasteiger partial charge in [-0.15, -0.1) is 0 Å². The molecule has 0 bridgehead atoms. The van der Waals surface area contributed by atoms with Crippen molar-refractivity contribution in [3.8, 4) is 0 Å². The average molecular weight is 157 g/mol. The van der Waals surface area contributed by atoms with E-state index in [1.54, 1.807) is 0 Å². The molecular weight excluding hydrogens is 142 g/mol. The molecule has 1 fully saturated rings. The Labute approximate surface area is 66.8 Å². The Morgan fingerprint density at radius 1 is 1.73 bits per heavy atom. The first-order valence-electron chi connectivity index (χ1n) is 4.15. The summed E-state index contributed by atoms with van der Waals surface area (Å²) in [5.41, 5.74) is 0. The second-order valence-corrected chi connectivity index (χ2v) is 3.27. The standard InChI is InChI=1S/C8H15NO2/c1-6-5-7(6)9-4-2-3-8(10)11/h6-7,9H,2-5H2,1H3,(H,10,11). The van der Waals surface area contributed by atoms with E-state index >= 15 is 0 Å². The first-order chi connectivity index (χ1) is 5.20. The Kier molecular flexibility index (Phi) is 2.88. The fourth-order valence-electron chi connectivity index (χ4n) is 1.13. The molecule has 3 heteroatoms. The highest BCUT2D eigenvalue weighted by Gasteiger charge is 2.31. The van der Waals surface area contributed by atoms with Crippen molar-refractivity contribution in [2.45, 2.75) is 32.2 Å². The zero-order valence-electron chi connectivity index (χ0n) is 6.84. The van der Waals surface area contributed by atoms with Crippen LogP contribution in [-0.4, -0.2) is 23.7 Å². The maximum absolute atomic E-state index is 10.1. The largest absolute Gasteiger partial charge is 0.481 e. The van der Waals surface area contributed by atoms with Crippen LogP contribution in [0.4, 0.5) is 0 Å². The maximum atomic E-state index is 10.1. The second-order valence-electron chi connectivity index (χ2n) is 3.27. The van der Waals surface area contributed by atoms with Crippen molar-refractivity contribution < 1.29 is 9.90 Å². The third kappa shape index (κ3) is 3.37. The van der Waals surface area contributed by atoms with E-state index < -0.39 is 5.97 Å². The van der Waals surface area contributed by atoms with Crippen LogP contribution in [0.15, 0.2) is 0 Å². The molecule has 0 heterocycles. The Morgan fingerprint density at radius 3 is 2.82 bits per heavy atom. The van der Waals surface area contributed by atoms with Crippen LogP contribution in [0, 0.1) is 5.92 Å². The summed E-state index contributed by atoms with van der Waals surface area (Å²) in [6, 6.07) is 0.670. The topological polar surface area (TPSA) is 49.3 Å². The molecule has 3 nitrogen and oxygen atoms in total. The van der Waals surface area contributed by atoms with E-state index in [0.29, 0.717) is 6.04 Å². The van der Waals surface area contributed by atoms with Gasteiger partial charge < -0.3 is 10.4 Å².